The molecule has 2 fully saturated rings. The molecule has 0 aliphatic carbocycles. The fraction of sp³-hybridized carbons (Fsp3) is 0.615. The highest BCUT2D eigenvalue weighted by Crippen LogP contribution is 2.26. The third-order valence-electron chi connectivity index (χ3n) is 3.84. The first kappa shape index (κ1) is 10.8. The van der Waals surface area contributed by atoms with Crippen molar-refractivity contribution in [3.63, 3.8) is 0 Å². The Bertz CT molecular complexity index is 427. The molecule has 1 aromatic heterocycles. The van der Waals surface area contributed by atoms with Gasteiger partial charge in [0.05, 0.1) is 0 Å². The molecule has 0 aromatic carbocycles. The number of hydrogen-bond donors (Lipinski definition) is 0. The number of carbonyl (C=O) groups is 1. The molecule has 4 nitrogen and oxygen atoms in total. The quantitative estimate of drug-likeness (QED) is 0.731. The molecule has 0 radical (unpaired) electrons. The number of fused-ring (bicyclic) bond motifs is 1. The van der Waals surface area contributed by atoms with Crippen LogP contribution in [-0.2, 0) is 0 Å². The lowest BCUT2D eigenvalue weighted by Crippen LogP contribution is -2.50. The van der Waals surface area contributed by atoms with Gasteiger partial charge in [0, 0.05) is 38.7 Å². The third-order valence-corrected chi connectivity index (χ3v) is 3.84. The average molecular weight is 234 g/mol. The van der Waals surface area contributed by atoms with Crippen molar-refractivity contribution in [1.82, 2.24) is 4.90 Å². The van der Waals surface area contributed by atoms with E-state index in [4.69, 9.17) is 4.42 Å². The standard InChI is InChI=1S/C13H18N2O2/c1-10(16)12-4-5-13(17-12)15-8-7-14-6-2-3-11(14)9-15/h4-5,11H,2-3,6-9H2,1H3. The van der Waals surface area contributed by atoms with Crippen molar-refractivity contribution in [2.24, 2.45) is 0 Å². The van der Waals surface area contributed by atoms with E-state index in [1.165, 1.54) is 26.3 Å². The Balaban J connectivity index is 1.73. The van der Waals surface area contributed by atoms with E-state index < -0.39 is 0 Å². The molecule has 1 unspecified atom stereocenters. The van der Waals surface area contributed by atoms with Crippen LogP contribution in [0.25, 0.3) is 0 Å². The van der Waals surface area contributed by atoms with Gasteiger partial charge in [-0.25, -0.2) is 0 Å². The van der Waals surface area contributed by atoms with E-state index in [0.29, 0.717) is 11.8 Å². The summed E-state index contributed by atoms with van der Waals surface area (Å²) in [4.78, 5) is 16.0. The van der Waals surface area contributed by atoms with Crippen LogP contribution in [-0.4, -0.2) is 42.9 Å². The van der Waals surface area contributed by atoms with E-state index in [-0.39, 0.29) is 5.78 Å². The molecule has 4 heteroatoms. The molecule has 17 heavy (non-hydrogen) atoms. The molecule has 2 aliphatic rings. The van der Waals surface area contributed by atoms with Crippen LogP contribution in [0.3, 0.4) is 0 Å². The Morgan fingerprint density at radius 2 is 2.24 bits per heavy atom. The van der Waals surface area contributed by atoms with E-state index in [1.54, 1.807) is 6.07 Å². The second-order valence-electron chi connectivity index (χ2n) is 4.97. The van der Waals surface area contributed by atoms with E-state index in [9.17, 15) is 4.79 Å². The zero-order valence-corrected chi connectivity index (χ0v) is 10.2. The highest BCUT2D eigenvalue weighted by molar-refractivity contribution is 5.91. The Kier molecular flexibility index (Phi) is 2.67. The summed E-state index contributed by atoms with van der Waals surface area (Å²) < 4.78 is 5.59. The van der Waals surface area contributed by atoms with Crippen molar-refractivity contribution in [1.29, 1.82) is 0 Å². The first-order valence-corrected chi connectivity index (χ1v) is 6.34. The van der Waals surface area contributed by atoms with Crippen molar-refractivity contribution in [2.75, 3.05) is 31.1 Å². The average Bonchev–Trinajstić information content (AvgIpc) is 2.97. The van der Waals surface area contributed by atoms with Crippen molar-refractivity contribution < 1.29 is 9.21 Å². The number of hydrogen-bond acceptors (Lipinski definition) is 4. The van der Waals surface area contributed by atoms with Crippen molar-refractivity contribution in [2.45, 2.75) is 25.8 Å². The molecule has 0 N–H and O–H groups in total. The number of ketones is 1. The second-order valence-corrected chi connectivity index (χ2v) is 4.97. The summed E-state index contributed by atoms with van der Waals surface area (Å²) in [6, 6.07) is 4.37. The molecule has 2 saturated heterocycles. The van der Waals surface area contributed by atoms with Crippen LogP contribution in [0, 0.1) is 0 Å². The first-order chi connectivity index (χ1) is 8.24. The maximum absolute atomic E-state index is 11.2. The molecule has 1 aromatic rings. The molecule has 1 atom stereocenters. The monoisotopic (exact) mass is 234 g/mol. The van der Waals surface area contributed by atoms with E-state index in [0.717, 1.165) is 25.5 Å². The molecular weight excluding hydrogens is 216 g/mol. The Morgan fingerprint density at radius 1 is 1.35 bits per heavy atom. The van der Waals surface area contributed by atoms with Crippen LogP contribution < -0.4 is 4.90 Å². The summed E-state index contributed by atoms with van der Waals surface area (Å²) in [5.74, 6) is 1.31. The Morgan fingerprint density at radius 3 is 3.00 bits per heavy atom. The van der Waals surface area contributed by atoms with Gasteiger partial charge < -0.3 is 9.32 Å². The maximum Gasteiger partial charge on any atom is 0.196 e. The number of anilines is 1. The van der Waals surface area contributed by atoms with Crippen molar-refractivity contribution in [3.8, 4) is 0 Å². The van der Waals surface area contributed by atoms with Gasteiger partial charge in [0.1, 0.15) is 0 Å². The van der Waals surface area contributed by atoms with Gasteiger partial charge in [0.15, 0.2) is 17.4 Å². The summed E-state index contributed by atoms with van der Waals surface area (Å²) >= 11 is 0. The number of furan rings is 1. The first-order valence-electron chi connectivity index (χ1n) is 6.34. The van der Waals surface area contributed by atoms with Crippen LogP contribution >= 0.6 is 0 Å². The van der Waals surface area contributed by atoms with Gasteiger partial charge in [-0.1, -0.05) is 0 Å². The molecule has 0 amide bonds. The minimum atomic E-state index is -0.00393. The van der Waals surface area contributed by atoms with Crippen LogP contribution in [0.1, 0.15) is 30.3 Å². The molecule has 92 valence electrons. The summed E-state index contributed by atoms with van der Waals surface area (Å²) in [5, 5.41) is 0. The molecule has 3 heterocycles. The van der Waals surface area contributed by atoms with Gasteiger partial charge in [-0.05, 0) is 25.5 Å². The van der Waals surface area contributed by atoms with Crippen LogP contribution in [0.4, 0.5) is 5.88 Å². The molecule has 0 spiro atoms. The fourth-order valence-electron chi connectivity index (χ4n) is 2.88. The summed E-state index contributed by atoms with van der Waals surface area (Å²) in [6.07, 6.45) is 2.60. The SMILES string of the molecule is CC(=O)c1ccc(N2CCN3CCCC3C2)o1. The number of nitrogens with zero attached hydrogens (tertiary/aromatic N) is 2. The van der Waals surface area contributed by atoms with E-state index in [1.807, 2.05) is 6.07 Å². The highest BCUT2D eigenvalue weighted by Gasteiger charge is 2.31. The van der Waals surface area contributed by atoms with Gasteiger partial charge in [-0.15, -0.1) is 0 Å². The Labute approximate surface area is 101 Å². The minimum Gasteiger partial charge on any atom is -0.437 e. The van der Waals surface area contributed by atoms with Crippen LogP contribution in [0.5, 0.6) is 0 Å². The largest absolute Gasteiger partial charge is 0.437 e. The maximum atomic E-state index is 11.2. The summed E-state index contributed by atoms with van der Waals surface area (Å²) in [5.41, 5.74) is 0. The molecular formula is C13H18N2O2. The predicted octanol–water partition coefficient (Wildman–Crippen LogP) is 1.77. The molecule has 3 rings (SSSR count). The Hall–Kier alpha value is -1.29. The lowest BCUT2D eigenvalue weighted by Gasteiger charge is -2.37. The predicted molar refractivity (Wildman–Crippen MR) is 65.5 cm³/mol. The van der Waals surface area contributed by atoms with Gasteiger partial charge in [0.25, 0.3) is 0 Å². The molecule has 0 bridgehead atoms. The van der Waals surface area contributed by atoms with Gasteiger partial charge in [-0.2, -0.15) is 0 Å². The van der Waals surface area contributed by atoms with Crippen LogP contribution in [0.2, 0.25) is 0 Å². The molecule has 2 aliphatic heterocycles. The van der Waals surface area contributed by atoms with Crippen LogP contribution in [0.15, 0.2) is 16.5 Å². The van der Waals surface area contributed by atoms with Crippen molar-refractivity contribution in [3.05, 3.63) is 17.9 Å². The number of carbonyl (C=O) groups excluding carboxylic acids is 1. The topological polar surface area (TPSA) is 36.7 Å². The lowest BCUT2D eigenvalue weighted by molar-refractivity contribution is 0.0987. The zero-order valence-electron chi connectivity index (χ0n) is 10.2. The van der Waals surface area contributed by atoms with E-state index >= 15 is 0 Å². The van der Waals surface area contributed by atoms with Crippen molar-refractivity contribution >= 4 is 11.7 Å². The zero-order chi connectivity index (χ0) is 11.8. The lowest BCUT2D eigenvalue weighted by atomic mass is 10.1. The van der Waals surface area contributed by atoms with E-state index in [2.05, 4.69) is 9.80 Å². The highest BCUT2D eigenvalue weighted by atomic mass is 16.4. The third kappa shape index (κ3) is 1.97. The summed E-state index contributed by atoms with van der Waals surface area (Å²) in [6.45, 7) is 5.93. The second kappa shape index (κ2) is 4.18. The number of Topliss-reactive ketones (excluding diaryl/α,β-unsaturated/α-hetero) is 1. The number of piperazine rings is 1. The van der Waals surface area contributed by atoms with Gasteiger partial charge >= 0.3 is 0 Å². The fourth-order valence-corrected chi connectivity index (χ4v) is 2.88. The van der Waals surface area contributed by atoms with Gasteiger partial charge in [-0.3, -0.25) is 9.69 Å². The number of rotatable bonds is 2. The molecule has 0 saturated carbocycles. The minimum absolute atomic E-state index is 0.00393. The smallest absolute Gasteiger partial charge is 0.196 e. The summed E-state index contributed by atoms with van der Waals surface area (Å²) in [7, 11) is 0. The normalized spacial score (nSPS) is 25.0. The van der Waals surface area contributed by atoms with Gasteiger partial charge in [0.2, 0.25) is 0 Å².